The van der Waals surface area contributed by atoms with Gasteiger partial charge in [-0.15, -0.1) is 0 Å². The fourth-order valence-electron chi connectivity index (χ4n) is 4.21. The average Bonchev–Trinajstić information content (AvgIpc) is 2.94. The Hall–Kier alpha value is -4.60. The molecule has 1 fully saturated rings. The zero-order valence-electron chi connectivity index (χ0n) is 20.7. The molecule has 1 aliphatic heterocycles. The highest BCUT2D eigenvalue weighted by atomic mass is 19.1. The molecular formula is C27H28FN7O2. The summed E-state index contributed by atoms with van der Waals surface area (Å²) >= 11 is 0. The van der Waals surface area contributed by atoms with Gasteiger partial charge in [0.1, 0.15) is 17.3 Å². The third-order valence-electron chi connectivity index (χ3n) is 6.09. The minimum atomic E-state index is -0.220. The van der Waals surface area contributed by atoms with Crippen LogP contribution in [0, 0.1) is 5.82 Å². The Labute approximate surface area is 214 Å². The van der Waals surface area contributed by atoms with Crippen LogP contribution < -0.4 is 29.9 Å². The lowest BCUT2D eigenvalue weighted by molar-refractivity contribution is 0.417. The van der Waals surface area contributed by atoms with Crippen LogP contribution in [-0.2, 0) is 0 Å². The molecule has 3 aromatic carbocycles. The second-order valence-electron chi connectivity index (χ2n) is 8.36. The number of methoxy groups -OCH3 is 2. The van der Waals surface area contributed by atoms with Gasteiger partial charge in [0.05, 0.1) is 31.3 Å². The summed E-state index contributed by atoms with van der Waals surface area (Å²) in [5.74, 6) is 2.36. The van der Waals surface area contributed by atoms with Crippen LogP contribution in [0.15, 0.2) is 72.8 Å². The van der Waals surface area contributed by atoms with E-state index >= 15 is 0 Å². The molecule has 0 spiro atoms. The van der Waals surface area contributed by atoms with E-state index in [0.717, 1.165) is 11.4 Å². The summed E-state index contributed by atoms with van der Waals surface area (Å²) in [7, 11) is 3.23. The highest BCUT2D eigenvalue weighted by Crippen LogP contribution is 2.30. The van der Waals surface area contributed by atoms with Crippen molar-refractivity contribution < 1.29 is 13.9 Å². The quantitative estimate of drug-likeness (QED) is 0.352. The second kappa shape index (κ2) is 11.0. The third kappa shape index (κ3) is 5.48. The number of hydrogen-bond donors (Lipinski definition) is 2. The van der Waals surface area contributed by atoms with Crippen molar-refractivity contribution in [3.63, 3.8) is 0 Å². The lowest BCUT2D eigenvalue weighted by Gasteiger charge is -2.36. The van der Waals surface area contributed by atoms with Gasteiger partial charge >= 0.3 is 0 Å². The molecule has 10 heteroatoms. The van der Waals surface area contributed by atoms with Crippen LogP contribution >= 0.6 is 0 Å². The second-order valence-corrected chi connectivity index (χ2v) is 8.36. The van der Waals surface area contributed by atoms with Crippen molar-refractivity contribution in [1.29, 1.82) is 0 Å². The van der Waals surface area contributed by atoms with E-state index in [-0.39, 0.29) is 5.82 Å². The molecule has 1 aromatic heterocycles. The van der Waals surface area contributed by atoms with E-state index in [4.69, 9.17) is 19.4 Å². The number of piperazine rings is 1. The van der Waals surface area contributed by atoms with Gasteiger partial charge in [0.25, 0.3) is 0 Å². The first-order chi connectivity index (χ1) is 18.1. The Kier molecular flexibility index (Phi) is 7.16. The largest absolute Gasteiger partial charge is 0.495 e. The zero-order valence-corrected chi connectivity index (χ0v) is 20.7. The molecule has 37 heavy (non-hydrogen) atoms. The summed E-state index contributed by atoms with van der Waals surface area (Å²) in [5.41, 5.74) is 2.07. The number of hydrogen-bond acceptors (Lipinski definition) is 9. The molecule has 2 N–H and O–H groups in total. The summed E-state index contributed by atoms with van der Waals surface area (Å²) in [4.78, 5) is 18.1. The monoisotopic (exact) mass is 501 g/mol. The molecule has 0 unspecified atom stereocenters. The summed E-state index contributed by atoms with van der Waals surface area (Å²) in [6.45, 7) is 2.52. The fourth-order valence-corrected chi connectivity index (χ4v) is 4.21. The number of nitrogens with zero attached hydrogens (tertiary/aromatic N) is 5. The standard InChI is InChI=1S/C27H28FN7O2/c1-36-23-13-7-4-10-20(23)29-25-31-26(30-21-11-5-8-14-24(21)37-2)33-27(32-25)35-17-15-34(16-18-35)22-12-6-3-9-19(22)28/h3-14H,15-18H2,1-2H3,(H2,29,30,31,32,33). The smallest absolute Gasteiger partial charge is 0.233 e. The van der Waals surface area contributed by atoms with E-state index in [9.17, 15) is 4.39 Å². The highest BCUT2D eigenvalue weighted by molar-refractivity contribution is 5.66. The molecule has 1 aliphatic rings. The molecule has 0 aliphatic carbocycles. The van der Waals surface area contributed by atoms with Crippen molar-refractivity contribution in [3.8, 4) is 11.5 Å². The van der Waals surface area contributed by atoms with E-state index in [1.54, 1.807) is 26.4 Å². The van der Waals surface area contributed by atoms with Crippen LogP contribution in [-0.4, -0.2) is 55.4 Å². The van der Waals surface area contributed by atoms with E-state index in [0.29, 0.717) is 61.2 Å². The summed E-state index contributed by atoms with van der Waals surface area (Å²) in [5, 5.41) is 6.51. The van der Waals surface area contributed by atoms with Crippen LogP contribution in [0.1, 0.15) is 0 Å². The molecule has 0 atom stereocenters. The van der Waals surface area contributed by atoms with Crippen molar-refractivity contribution in [2.45, 2.75) is 0 Å². The molecule has 4 aromatic rings. The number of anilines is 6. The fraction of sp³-hybridized carbons (Fsp3) is 0.222. The van der Waals surface area contributed by atoms with Gasteiger partial charge in [-0.05, 0) is 36.4 Å². The maximum Gasteiger partial charge on any atom is 0.233 e. The van der Waals surface area contributed by atoms with Gasteiger partial charge in [0.2, 0.25) is 17.8 Å². The number of halogens is 1. The third-order valence-corrected chi connectivity index (χ3v) is 6.09. The topological polar surface area (TPSA) is 87.7 Å². The first-order valence-corrected chi connectivity index (χ1v) is 11.9. The predicted molar refractivity (Wildman–Crippen MR) is 143 cm³/mol. The van der Waals surface area contributed by atoms with Crippen molar-refractivity contribution in [3.05, 3.63) is 78.6 Å². The van der Waals surface area contributed by atoms with Crippen LogP contribution in [0.2, 0.25) is 0 Å². The average molecular weight is 502 g/mol. The van der Waals surface area contributed by atoms with E-state index in [1.165, 1.54) is 6.07 Å². The van der Waals surface area contributed by atoms with Gasteiger partial charge in [0, 0.05) is 26.2 Å². The van der Waals surface area contributed by atoms with Crippen molar-refractivity contribution in [2.24, 2.45) is 0 Å². The number of para-hydroxylation sites is 5. The maximum absolute atomic E-state index is 14.3. The number of ether oxygens (including phenoxy) is 2. The summed E-state index contributed by atoms with van der Waals surface area (Å²) in [6.07, 6.45) is 0. The normalized spacial score (nSPS) is 13.3. The molecule has 0 amide bonds. The Morgan fingerprint density at radius 3 is 1.68 bits per heavy atom. The zero-order chi connectivity index (χ0) is 25.6. The minimum absolute atomic E-state index is 0.220. The summed E-state index contributed by atoms with van der Waals surface area (Å²) < 4.78 is 25.3. The van der Waals surface area contributed by atoms with Crippen molar-refractivity contribution >= 4 is 34.9 Å². The molecule has 0 bridgehead atoms. The van der Waals surface area contributed by atoms with E-state index in [2.05, 4.69) is 20.5 Å². The number of nitrogens with one attached hydrogen (secondary N) is 2. The first kappa shape index (κ1) is 24.1. The minimum Gasteiger partial charge on any atom is -0.495 e. The van der Waals surface area contributed by atoms with Gasteiger partial charge in [0.15, 0.2) is 0 Å². The van der Waals surface area contributed by atoms with E-state index < -0.39 is 0 Å². The maximum atomic E-state index is 14.3. The predicted octanol–water partition coefficient (Wildman–Crippen LogP) is 4.84. The molecule has 2 heterocycles. The number of aromatic nitrogens is 3. The van der Waals surface area contributed by atoms with Gasteiger partial charge in [-0.1, -0.05) is 36.4 Å². The Balaban J connectivity index is 1.43. The molecule has 9 nitrogen and oxygen atoms in total. The van der Waals surface area contributed by atoms with Gasteiger partial charge < -0.3 is 29.9 Å². The lowest BCUT2D eigenvalue weighted by Crippen LogP contribution is -2.47. The van der Waals surface area contributed by atoms with Crippen LogP contribution in [0.25, 0.3) is 0 Å². The molecule has 190 valence electrons. The van der Waals surface area contributed by atoms with Crippen LogP contribution in [0.4, 0.5) is 39.3 Å². The Bertz CT molecular complexity index is 1290. The first-order valence-electron chi connectivity index (χ1n) is 11.9. The number of benzene rings is 3. The molecule has 1 saturated heterocycles. The van der Waals surface area contributed by atoms with Gasteiger partial charge in [-0.2, -0.15) is 15.0 Å². The highest BCUT2D eigenvalue weighted by Gasteiger charge is 2.23. The molecule has 0 radical (unpaired) electrons. The SMILES string of the molecule is COc1ccccc1Nc1nc(Nc2ccccc2OC)nc(N2CCN(c3ccccc3F)CC2)n1. The van der Waals surface area contributed by atoms with Gasteiger partial charge in [-0.25, -0.2) is 4.39 Å². The Morgan fingerprint density at radius 2 is 1.14 bits per heavy atom. The Morgan fingerprint density at radius 1 is 0.649 bits per heavy atom. The summed E-state index contributed by atoms with van der Waals surface area (Å²) in [6, 6.07) is 21.9. The molecule has 0 saturated carbocycles. The number of rotatable bonds is 8. The molecule has 5 rings (SSSR count). The van der Waals surface area contributed by atoms with Crippen LogP contribution in [0.5, 0.6) is 11.5 Å². The van der Waals surface area contributed by atoms with Gasteiger partial charge in [-0.3, -0.25) is 0 Å². The molecular weight excluding hydrogens is 473 g/mol. The lowest BCUT2D eigenvalue weighted by atomic mass is 10.2. The van der Waals surface area contributed by atoms with Crippen molar-refractivity contribution in [2.75, 3.05) is 60.8 Å². The van der Waals surface area contributed by atoms with E-state index in [1.807, 2.05) is 59.5 Å². The van der Waals surface area contributed by atoms with Crippen LogP contribution in [0.3, 0.4) is 0 Å². The van der Waals surface area contributed by atoms with Crippen molar-refractivity contribution in [1.82, 2.24) is 15.0 Å².